The van der Waals surface area contributed by atoms with Gasteiger partial charge in [-0.25, -0.2) is 13.2 Å². The summed E-state index contributed by atoms with van der Waals surface area (Å²) < 4.78 is 25.9. The van der Waals surface area contributed by atoms with Crippen LogP contribution in [-0.4, -0.2) is 30.0 Å². The quantitative estimate of drug-likeness (QED) is 0.679. The standard InChI is InChI=1S/C10H12N2O4S/c1-4-10(2,3)12-17(15,16)7-5-8(9(13)14)11-6-7/h1,5-6,11-12H,2-3H3,(H,13,14). The number of carboxylic acid groups (broad SMARTS) is 1. The molecule has 0 bridgehead atoms. The number of rotatable bonds is 4. The van der Waals surface area contributed by atoms with E-state index in [0.29, 0.717) is 0 Å². The van der Waals surface area contributed by atoms with Gasteiger partial charge < -0.3 is 10.1 Å². The highest BCUT2D eigenvalue weighted by atomic mass is 32.2. The number of hydrogen-bond acceptors (Lipinski definition) is 3. The molecule has 0 aliphatic heterocycles. The van der Waals surface area contributed by atoms with Crippen LogP contribution in [0.4, 0.5) is 0 Å². The van der Waals surface area contributed by atoms with Gasteiger partial charge in [-0.3, -0.25) is 0 Å². The largest absolute Gasteiger partial charge is 0.477 e. The fraction of sp³-hybridized carbons (Fsp3) is 0.300. The van der Waals surface area contributed by atoms with Gasteiger partial charge in [-0.1, -0.05) is 5.92 Å². The number of aromatic carboxylic acids is 1. The third-order valence-electron chi connectivity index (χ3n) is 1.95. The molecule has 7 heteroatoms. The van der Waals surface area contributed by atoms with Gasteiger partial charge in [0.15, 0.2) is 0 Å². The lowest BCUT2D eigenvalue weighted by molar-refractivity contribution is 0.0691. The van der Waals surface area contributed by atoms with Gasteiger partial charge in [0.25, 0.3) is 0 Å². The van der Waals surface area contributed by atoms with Gasteiger partial charge in [0, 0.05) is 6.20 Å². The maximum Gasteiger partial charge on any atom is 0.352 e. The molecule has 0 atom stereocenters. The van der Waals surface area contributed by atoms with Crippen molar-refractivity contribution in [2.75, 3.05) is 0 Å². The van der Waals surface area contributed by atoms with Crippen LogP contribution in [0.25, 0.3) is 0 Å². The molecule has 17 heavy (non-hydrogen) atoms. The predicted molar refractivity (Wildman–Crippen MR) is 61.0 cm³/mol. The summed E-state index contributed by atoms with van der Waals surface area (Å²) >= 11 is 0. The molecule has 1 rings (SSSR count). The van der Waals surface area contributed by atoms with Crippen LogP contribution in [-0.2, 0) is 10.0 Å². The molecule has 0 unspecified atom stereocenters. The van der Waals surface area contributed by atoms with Crippen LogP contribution >= 0.6 is 0 Å². The van der Waals surface area contributed by atoms with Crippen molar-refractivity contribution in [2.24, 2.45) is 0 Å². The Morgan fingerprint density at radius 3 is 2.59 bits per heavy atom. The lowest BCUT2D eigenvalue weighted by atomic mass is 10.1. The molecule has 0 aromatic carbocycles. The Hall–Kier alpha value is -1.78. The van der Waals surface area contributed by atoms with Crippen molar-refractivity contribution >= 4 is 16.0 Å². The highest BCUT2D eigenvalue weighted by molar-refractivity contribution is 7.89. The zero-order valence-corrected chi connectivity index (χ0v) is 10.1. The van der Waals surface area contributed by atoms with E-state index in [1.807, 2.05) is 0 Å². The minimum Gasteiger partial charge on any atom is -0.477 e. The van der Waals surface area contributed by atoms with Crippen molar-refractivity contribution in [3.05, 3.63) is 18.0 Å². The predicted octanol–water partition coefficient (Wildman–Crippen LogP) is 0.403. The number of terminal acetylenes is 1. The summed E-state index contributed by atoms with van der Waals surface area (Å²) in [6.45, 7) is 3.05. The molecule has 3 N–H and O–H groups in total. The maximum absolute atomic E-state index is 11.8. The molecule has 0 aliphatic rings. The van der Waals surface area contributed by atoms with Crippen LogP contribution < -0.4 is 4.72 Å². The van der Waals surface area contributed by atoms with Crippen LogP contribution in [0.3, 0.4) is 0 Å². The van der Waals surface area contributed by atoms with Crippen molar-refractivity contribution in [3.8, 4) is 12.3 Å². The molecule has 0 amide bonds. The molecule has 1 aromatic heterocycles. The highest BCUT2D eigenvalue weighted by Gasteiger charge is 2.25. The van der Waals surface area contributed by atoms with Crippen LogP contribution in [0.15, 0.2) is 17.2 Å². The summed E-state index contributed by atoms with van der Waals surface area (Å²) in [6.07, 6.45) is 6.26. The third-order valence-corrected chi connectivity index (χ3v) is 3.58. The van der Waals surface area contributed by atoms with Crippen LogP contribution in [0.5, 0.6) is 0 Å². The number of aromatic amines is 1. The van der Waals surface area contributed by atoms with Crippen LogP contribution in [0, 0.1) is 12.3 Å². The second kappa shape index (κ2) is 4.24. The number of aromatic nitrogens is 1. The molecular weight excluding hydrogens is 244 g/mol. The molecule has 6 nitrogen and oxygen atoms in total. The Morgan fingerprint density at radius 2 is 2.18 bits per heavy atom. The van der Waals surface area contributed by atoms with Crippen LogP contribution in [0.2, 0.25) is 0 Å². The van der Waals surface area contributed by atoms with Crippen molar-refractivity contribution in [2.45, 2.75) is 24.3 Å². The molecule has 92 valence electrons. The molecule has 0 aliphatic carbocycles. The molecule has 0 fully saturated rings. The first-order valence-electron chi connectivity index (χ1n) is 4.61. The maximum atomic E-state index is 11.8. The van der Waals surface area contributed by atoms with E-state index in [9.17, 15) is 13.2 Å². The average molecular weight is 256 g/mol. The van der Waals surface area contributed by atoms with E-state index in [1.165, 1.54) is 13.8 Å². The number of hydrogen-bond donors (Lipinski definition) is 3. The fourth-order valence-electron chi connectivity index (χ4n) is 1.08. The Kier molecular flexibility index (Phi) is 3.31. The second-order valence-corrected chi connectivity index (χ2v) is 5.61. The lowest BCUT2D eigenvalue weighted by Crippen LogP contribution is -2.41. The third kappa shape index (κ3) is 3.09. The Labute approximate surface area is 99.1 Å². The van der Waals surface area contributed by atoms with Crippen molar-refractivity contribution < 1.29 is 18.3 Å². The van der Waals surface area contributed by atoms with E-state index in [0.717, 1.165) is 12.3 Å². The average Bonchev–Trinajstić information content (AvgIpc) is 2.65. The topological polar surface area (TPSA) is 99.3 Å². The monoisotopic (exact) mass is 256 g/mol. The summed E-state index contributed by atoms with van der Waals surface area (Å²) in [7, 11) is -3.83. The molecule has 0 saturated heterocycles. The van der Waals surface area contributed by atoms with Crippen molar-refractivity contribution in [1.29, 1.82) is 0 Å². The summed E-state index contributed by atoms with van der Waals surface area (Å²) in [5, 5.41) is 8.66. The smallest absolute Gasteiger partial charge is 0.352 e. The van der Waals surface area contributed by atoms with Crippen molar-refractivity contribution in [1.82, 2.24) is 9.71 Å². The van der Waals surface area contributed by atoms with Gasteiger partial charge in [-0.15, -0.1) is 6.42 Å². The molecule has 1 aromatic rings. The Morgan fingerprint density at radius 1 is 1.59 bits per heavy atom. The van der Waals surface area contributed by atoms with E-state index >= 15 is 0 Å². The van der Waals surface area contributed by atoms with E-state index in [-0.39, 0.29) is 10.6 Å². The molecule has 0 saturated carbocycles. The van der Waals surface area contributed by atoms with Gasteiger partial charge >= 0.3 is 5.97 Å². The number of sulfonamides is 1. The van der Waals surface area contributed by atoms with Crippen molar-refractivity contribution in [3.63, 3.8) is 0 Å². The molecule has 0 spiro atoms. The van der Waals surface area contributed by atoms with E-state index in [1.54, 1.807) is 0 Å². The second-order valence-electron chi connectivity index (χ2n) is 3.93. The van der Waals surface area contributed by atoms with E-state index in [2.05, 4.69) is 15.6 Å². The number of carbonyl (C=O) groups is 1. The van der Waals surface area contributed by atoms with E-state index in [4.69, 9.17) is 11.5 Å². The zero-order chi connectivity index (χ0) is 13.3. The first-order valence-corrected chi connectivity index (χ1v) is 6.10. The first-order chi connectivity index (χ1) is 7.68. The normalized spacial score (nSPS) is 12.1. The minimum atomic E-state index is -3.83. The van der Waals surface area contributed by atoms with Gasteiger partial charge in [-0.05, 0) is 19.9 Å². The molecular formula is C10H12N2O4S. The summed E-state index contributed by atoms with van der Waals surface area (Å²) in [4.78, 5) is 12.8. The van der Waals surface area contributed by atoms with Gasteiger partial charge in [0.2, 0.25) is 10.0 Å². The first kappa shape index (κ1) is 13.3. The fourth-order valence-corrected chi connectivity index (χ4v) is 2.41. The lowest BCUT2D eigenvalue weighted by Gasteiger charge is -2.18. The number of carboxylic acids is 1. The highest BCUT2D eigenvalue weighted by Crippen LogP contribution is 2.13. The summed E-state index contributed by atoms with van der Waals surface area (Å²) in [5.41, 5.74) is -1.25. The molecule has 1 heterocycles. The minimum absolute atomic E-state index is 0.168. The zero-order valence-electron chi connectivity index (χ0n) is 9.31. The van der Waals surface area contributed by atoms with Crippen LogP contribution in [0.1, 0.15) is 24.3 Å². The molecule has 0 radical (unpaired) electrons. The van der Waals surface area contributed by atoms with Gasteiger partial charge in [0.1, 0.15) is 10.6 Å². The Bertz CT molecular complexity index is 578. The summed E-state index contributed by atoms with van der Waals surface area (Å²) in [6, 6.07) is 1.03. The Balaban J connectivity index is 3.07. The van der Waals surface area contributed by atoms with Gasteiger partial charge in [0.05, 0.1) is 5.54 Å². The van der Waals surface area contributed by atoms with E-state index < -0.39 is 21.5 Å². The number of H-pyrrole nitrogens is 1. The number of nitrogens with one attached hydrogen (secondary N) is 2. The SMILES string of the molecule is C#CC(C)(C)NS(=O)(=O)c1c[nH]c(C(=O)O)c1. The summed E-state index contributed by atoms with van der Waals surface area (Å²) in [5.74, 6) is 1.05. The van der Waals surface area contributed by atoms with Gasteiger partial charge in [-0.2, -0.15) is 4.72 Å².